The van der Waals surface area contributed by atoms with Crippen LogP contribution in [0.2, 0.25) is 0 Å². The van der Waals surface area contributed by atoms with Crippen molar-refractivity contribution in [1.82, 2.24) is 4.90 Å². The Morgan fingerprint density at radius 1 is 1.40 bits per heavy atom. The molecule has 0 N–H and O–H groups in total. The molecule has 1 heterocycles. The summed E-state index contributed by atoms with van der Waals surface area (Å²) in [6, 6.07) is 5.59. The van der Waals surface area contributed by atoms with E-state index in [2.05, 4.69) is 0 Å². The quantitative estimate of drug-likeness (QED) is 0.822. The van der Waals surface area contributed by atoms with E-state index in [1.54, 1.807) is 6.07 Å². The Hall–Kier alpha value is -1.42. The Kier molecular flexibility index (Phi) is 3.28. The van der Waals surface area contributed by atoms with Gasteiger partial charge in [0.05, 0.1) is 4.88 Å². The fraction of sp³-hybridized carbons (Fsp3) is 0.438. The van der Waals surface area contributed by atoms with Gasteiger partial charge in [-0.2, -0.15) is 0 Å². The average Bonchev–Trinajstić information content (AvgIpc) is 3.13. The fourth-order valence-electron chi connectivity index (χ4n) is 2.75. The molecule has 0 bridgehead atoms. The third kappa shape index (κ3) is 2.12. The van der Waals surface area contributed by atoms with Crippen LogP contribution in [0.15, 0.2) is 18.2 Å². The average molecular weight is 291 g/mol. The van der Waals surface area contributed by atoms with Gasteiger partial charge in [0, 0.05) is 22.2 Å². The van der Waals surface area contributed by atoms with Crippen LogP contribution in [0.4, 0.5) is 4.39 Å². The first-order valence-corrected chi connectivity index (χ1v) is 7.82. The van der Waals surface area contributed by atoms with Crippen molar-refractivity contribution in [2.45, 2.75) is 45.7 Å². The first-order valence-electron chi connectivity index (χ1n) is 7.01. The van der Waals surface area contributed by atoms with Crippen molar-refractivity contribution < 1.29 is 9.18 Å². The first-order chi connectivity index (χ1) is 9.50. The molecular formula is C16H18FNOS. The van der Waals surface area contributed by atoms with Crippen LogP contribution < -0.4 is 0 Å². The zero-order valence-corrected chi connectivity index (χ0v) is 12.8. The lowest BCUT2D eigenvalue weighted by molar-refractivity contribution is 0.0695. The lowest BCUT2D eigenvalue weighted by Gasteiger charge is -2.26. The Labute approximate surface area is 122 Å². The Bertz CT molecular complexity index is 670. The highest BCUT2D eigenvalue weighted by Crippen LogP contribution is 2.36. The molecule has 0 unspecified atom stereocenters. The summed E-state index contributed by atoms with van der Waals surface area (Å²) < 4.78 is 14.8. The number of halogens is 1. The molecule has 0 atom stereocenters. The van der Waals surface area contributed by atoms with Crippen LogP contribution in [-0.4, -0.2) is 22.9 Å². The molecule has 1 aromatic carbocycles. The highest BCUT2D eigenvalue weighted by molar-refractivity contribution is 7.21. The molecule has 0 spiro atoms. The Morgan fingerprint density at radius 3 is 2.65 bits per heavy atom. The lowest BCUT2D eigenvalue weighted by atomic mass is 10.1. The van der Waals surface area contributed by atoms with E-state index in [0.717, 1.165) is 23.1 Å². The van der Waals surface area contributed by atoms with Gasteiger partial charge in [-0.15, -0.1) is 11.3 Å². The number of thiophene rings is 1. The molecule has 1 saturated carbocycles. The van der Waals surface area contributed by atoms with Crippen molar-refractivity contribution >= 4 is 27.3 Å². The number of fused-ring (bicyclic) bond motifs is 1. The number of hydrogen-bond donors (Lipinski definition) is 0. The van der Waals surface area contributed by atoms with Gasteiger partial charge < -0.3 is 4.90 Å². The maximum Gasteiger partial charge on any atom is 0.264 e. The molecule has 1 aromatic heterocycles. The minimum atomic E-state index is -0.238. The summed E-state index contributed by atoms with van der Waals surface area (Å²) in [5.41, 5.74) is 0.777. The highest BCUT2D eigenvalue weighted by atomic mass is 32.1. The van der Waals surface area contributed by atoms with Gasteiger partial charge in [0.15, 0.2) is 0 Å². The standard InChI is InChI=1S/C16H18FNOS/c1-9(2)18(11-7-8-11)16(19)15-10(3)14-12(17)5-4-6-13(14)20-15/h4-6,9,11H,7-8H2,1-3H3. The van der Waals surface area contributed by atoms with E-state index in [1.807, 2.05) is 31.7 Å². The molecule has 1 aliphatic carbocycles. The Morgan fingerprint density at radius 2 is 2.10 bits per heavy atom. The van der Waals surface area contributed by atoms with Crippen LogP contribution in [0.5, 0.6) is 0 Å². The number of nitrogens with zero attached hydrogens (tertiary/aromatic N) is 1. The van der Waals surface area contributed by atoms with Crippen LogP contribution in [0.1, 0.15) is 41.9 Å². The molecule has 0 radical (unpaired) electrons. The molecule has 1 amide bonds. The molecule has 20 heavy (non-hydrogen) atoms. The molecule has 0 aliphatic heterocycles. The number of hydrogen-bond acceptors (Lipinski definition) is 2. The van der Waals surface area contributed by atoms with Gasteiger partial charge in [0.25, 0.3) is 5.91 Å². The minimum Gasteiger partial charge on any atom is -0.333 e. The van der Waals surface area contributed by atoms with E-state index in [0.29, 0.717) is 16.3 Å². The summed E-state index contributed by atoms with van der Waals surface area (Å²) in [5.74, 6) is -0.182. The molecule has 106 valence electrons. The van der Waals surface area contributed by atoms with Gasteiger partial charge in [-0.25, -0.2) is 4.39 Å². The number of rotatable bonds is 3. The zero-order chi connectivity index (χ0) is 14.4. The zero-order valence-electron chi connectivity index (χ0n) is 11.9. The third-order valence-corrected chi connectivity index (χ3v) is 5.07. The number of amides is 1. The molecule has 2 nitrogen and oxygen atoms in total. The van der Waals surface area contributed by atoms with Crippen molar-refractivity contribution in [1.29, 1.82) is 0 Å². The number of aryl methyl sites for hydroxylation is 1. The van der Waals surface area contributed by atoms with Crippen molar-refractivity contribution in [2.24, 2.45) is 0 Å². The van der Waals surface area contributed by atoms with Gasteiger partial charge in [-0.1, -0.05) is 6.07 Å². The van der Waals surface area contributed by atoms with E-state index in [-0.39, 0.29) is 17.8 Å². The smallest absolute Gasteiger partial charge is 0.264 e. The van der Waals surface area contributed by atoms with Gasteiger partial charge in [-0.05, 0) is 51.3 Å². The summed E-state index contributed by atoms with van der Waals surface area (Å²) in [7, 11) is 0. The van der Waals surface area contributed by atoms with Crippen molar-refractivity contribution in [2.75, 3.05) is 0 Å². The van der Waals surface area contributed by atoms with Crippen LogP contribution in [0.25, 0.3) is 10.1 Å². The van der Waals surface area contributed by atoms with Crippen molar-refractivity contribution in [3.05, 3.63) is 34.5 Å². The SMILES string of the molecule is Cc1c(C(=O)N(C(C)C)C2CC2)sc2cccc(F)c12. The molecule has 2 aromatic rings. The van der Waals surface area contributed by atoms with Gasteiger partial charge in [0.1, 0.15) is 5.82 Å². The van der Waals surface area contributed by atoms with E-state index >= 15 is 0 Å². The van der Waals surface area contributed by atoms with E-state index in [9.17, 15) is 9.18 Å². The second kappa shape index (κ2) is 4.85. The van der Waals surface area contributed by atoms with E-state index in [4.69, 9.17) is 0 Å². The molecule has 4 heteroatoms. The number of carbonyl (C=O) groups is 1. The van der Waals surface area contributed by atoms with Gasteiger partial charge in [0.2, 0.25) is 0 Å². The van der Waals surface area contributed by atoms with Crippen molar-refractivity contribution in [3.8, 4) is 0 Å². The molecule has 0 saturated heterocycles. The van der Waals surface area contributed by atoms with E-state index in [1.165, 1.54) is 17.4 Å². The highest BCUT2D eigenvalue weighted by Gasteiger charge is 2.36. The first kappa shape index (κ1) is 13.6. The summed E-state index contributed by atoms with van der Waals surface area (Å²) in [6.07, 6.45) is 2.17. The third-order valence-electron chi connectivity index (χ3n) is 3.83. The summed E-state index contributed by atoms with van der Waals surface area (Å²) in [4.78, 5) is 15.4. The molecule has 1 aliphatic rings. The number of benzene rings is 1. The van der Waals surface area contributed by atoms with Gasteiger partial charge in [-0.3, -0.25) is 4.79 Å². The molecule has 1 fully saturated rings. The van der Waals surface area contributed by atoms with E-state index < -0.39 is 0 Å². The summed E-state index contributed by atoms with van der Waals surface area (Å²) in [6.45, 7) is 5.93. The number of carbonyl (C=O) groups excluding carboxylic acids is 1. The minimum absolute atomic E-state index is 0.0561. The van der Waals surface area contributed by atoms with Crippen LogP contribution >= 0.6 is 11.3 Å². The second-order valence-corrected chi connectivity index (χ2v) is 6.76. The monoisotopic (exact) mass is 291 g/mol. The van der Waals surface area contributed by atoms with Crippen LogP contribution in [0, 0.1) is 12.7 Å². The lowest BCUT2D eigenvalue weighted by Crippen LogP contribution is -2.38. The van der Waals surface area contributed by atoms with Crippen LogP contribution in [0.3, 0.4) is 0 Å². The topological polar surface area (TPSA) is 20.3 Å². The normalized spacial score (nSPS) is 15.1. The largest absolute Gasteiger partial charge is 0.333 e. The summed E-state index contributed by atoms with van der Waals surface area (Å²) in [5, 5.41) is 0.598. The maximum absolute atomic E-state index is 13.9. The molecule has 3 rings (SSSR count). The fourth-order valence-corrected chi connectivity index (χ4v) is 3.92. The molecular weight excluding hydrogens is 273 g/mol. The Balaban J connectivity index is 2.07. The predicted molar refractivity (Wildman–Crippen MR) is 80.8 cm³/mol. The van der Waals surface area contributed by atoms with Crippen LogP contribution in [-0.2, 0) is 0 Å². The summed E-state index contributed by atoms with van der Waals surface area (Å²) >= 11 is 1.41. The maximum atomic E-state index is 13.9. The second-order valence-electron chi connectivity index (χ2n) is 5.71. The van der Waals surface area contributed by atoms with Gasteiger partial charge >= 0.3 is 0 Å². The predicted octanol–water partition coefficient (Wildman–Crippen LogP) is 4.36. The van der Waals surface area contributed by atoms with Crippen molar-refractivity contribution in [3.63, 3.8) is 0 Å².